The number of hydrogen-bond acceptors (Lipinski definition) is 4. The lowest BCUT2D eigenvalue weighted by atomic mass is 9.99. The highest BCUT2D eigenvalue weighted by Gasteiger charge is 2.26. The van der Waals surface area contributed by atoms with Crippen LogP contribution in [0.5, 0.6) is 0 Å². The molecule has 1 atom stereocenters. The maximum absolute atomic E-state index is 12.3. The normalized spacial score (nSPS) is 20.1. The van der Waals surface area contributed by atoms with Crippen LogP contribution in [0.15, 0.2) is 12.4 Å². The highest BCUT2D eigenvalue weighted by atomic mass is 16.2. The molecule has 1 amide bonds. The highest BCUT2D eigenvalue weighted by molar-refractivity contribution is 5.76. The van der Waals surface area contributed by atoms with Crippen molar-refractivity contribution in [1.82, 2.24) is 25.2 Å². The van der Waals surface area contributed by atoms with Gasteiger partial charge >= 0.3 is 0 Å². The Kier molecular flexibility index (Phi) is 4.69. The van der Waals surface area contributed by atoms with E-state index in [0.717, 1.165) is 32.4 Å². The van der Waals surface area contributed by atoms with Gasteiger partial charge in [0.1, 0.15) is 6.54 Å². The summed E-state index contributed by atoms with van der Waals surface area (Å²) in [6.45, 7) is 2.13. The van der Waals surface area contributed by atoms with Crippen LogP contribution < -0.4 is 5.32 Å². The van der Waals surface area contributed by atoms with E-state index in [1.807, 2.05) is 11.9 Å². The molecule has 1 unspecified atom stereocenters. The van der Waals surface area contributed by atoms with Crippen molar-refractivity contribution in [1.29, 1.82) is 0 Å². The largest absolute Gasteiger partial charge is 0.338 e. The van der Waals surface area contributed by atoms with Crippen LogP contribution in [0.4, 0.5) is 0 Å². The van der Waals surface area contributed by atoms with Gasteiger partial charge in [0.25, 0.3) is 0 Å². The molecule has 1 aliphatic rings. The van der Waals surface area contributed by atoms with E-state index in [-0.39, 0.29) is 5.91 Å². The average molecular weight is 251 g/mol. The van der Waals surface area contributed by atoms with E-state index in [1.165, 1.54) is 6.42 Å². The molecule has 0 radical (unpaired) electrons. The summed E-state index contributed by atoms with van der Waals surface area (Å²) in [4.78, 5) is 14.3. The van der Waals surface area contributed by atoms with E-state index in [4.69, 9.17) is 0 Å². The number of hydrogen-bond donors (Lipinski definition) is 1. The molecular formula is C12H21N5O. The Bertz CT molecular complexity index is 365. The van der Waals surface area contributed by atoms with Crippen molar-refractivity contribution < 1.29 is 4.79 Å². The van der Waals surface area contributed by atoms with Gasteiger partial charge in [-0.1, -0.05) is 5.21 Å². The van der Waals surface area contributed by atoms with Crippen LogP contribution in [0.2, 0.25) is 0 Å². The third-order valence-corrected chi connectivity index (χ3v) is 3.44. The van der Waals surface area contributed by atoms with Gasteiger partial charge in [-0.3, -0.25) is 4.79 Å². The van der Waals surface area contributed by atoms with E-state index in [0.29, 0.717) is 12.6 Å². The van der Waals surface area contributed by atoms with Crippen molar-refractivity contribution in [3.63, 3.8) is 0 Å². The quantitative estimate of drug-likeness (QED) is 0.816. The monoisotopic (exact) mass is 251 g/mol. The van der Waals surface area contributed by atoms with Crippen molar-refractivity contribution in [2.45, 2.75) is 38.3 Å². The summed E-state index contributed by atoms with van der Waals surface area (Å²) in [6, 6.07) is 0.377. The van der Waals surface area contributed by atoms with Crippen molar-refractivity contribution >= 4 is 5.91 Å². The van der Waals surface area contributed by atoms with Gasteiger partial charge in [-0.25, -0.2) is 4.68 Å². The molecule has 1 aliphatic heterocycles. The van der Waals surface area contributed by atoms with Gasteiger partial charge < -0.3 is 10.2 Å². The Morgan fingerprint density at radius 3 is 3.11 bits per heavy atom. The highest BCUT2D eigenvalue weighted by Crippen LogP contribution is 2.19. The SMILES string of the molecule is CNCCC1CCCCN1C(=O)Cn1ccnn1. The summed E-state index contributed by atoms with van der Waals surface area (Å²) in [5.41, 5.74) is 0. The lowest BCUT2D eigenvalue weighted by molar-refractivity contribution is -0.135. The first-order valence-electron chi connectivity index (χ1n) is 6.59. The molecule has 1 aromatic heterocycles. The van der Waals surface area contributed by atoms with Crippen LogP contribution in [0.25, 0.3) is 0 Å². The lowest BCUT2D eigenvalue weighted by Crippen LogP contribution is -2.46. The van der Waals surface area contributed by atoms with Gasteiger partial charge in [0.2, 0.25) is 5.91 Å². The Balaban J connectivity index is 1.92. The molecule has 0 aliphatic carbocycles. The number of rotatable bonds is 5. The number of carbonyl (C=O) groups is 1. The minimum absolute atomic E-state index is 0.154. The molecule has 100 valence electrons. The van der Waals surface area contributed by atoms with Crippen LogP contribution >= 0.6 is 0 Å². The minimum atomic E-state index is 0.154. The third kappa shape index (κ3) is 3.29. The second kappa shape index (κ2) is 6.49. The number of piperidine rings is 1. The number of carbonyl (C=O) groups excluding carboxylic acids is 1. The van der Waals surface area contributed by atoms with Crippen LogP contribution in [-0.4, -0.2) is 52.0 Å². The van der Waals surface area contributed by atoms with Gasteiger partial charge in [-0.2, -0.15) is 0 Å². The topological polar surface area (TPSA) is 63.1 Å². The number of amides is 1. The predicted molar refractivity (Wildman–Crippen MR) is 67.9 cm³/mol. The van der Waals surface area contributed by atoms with Gasteiger partial charge in [-0.15, -0.1) is 5.10 Å². The maximum Gasteiger partial charge on any atom is 0.244 e. The Morgan fingerprint density at radius 1 is 1.50 bits per heavy atom. The molecular weight excluding hydrogens is 230 g/mol. The second-order valence-corrected chi connectivity index (χ2v) is 4.73. The summed E-state index contributed by atoms with van der Waals surface area (Å²) in [6.07, 6.45) is 7.80. The zero-order valence-electron chi connectivity index (χ0n) is 10.9. The predicted octanol–water partition coefficient (Wildman–Crippen LogP) is 0.269. The van der Waals surface area contributed by atoms with Gasteiger partial charge in [0.05, 0.1) is 6.20 Å². The Morgan fingerprint density at radius 2 is 2.39 bits per heavy atom. The van der Waals surface area contributed by atoms with Crippen LogP contribution in [-0.2, 0) is 11.3 Å². The van der Waals surface area contributed by atoms with E-state index >= 15 is 0 Å². The number of likely N-dealkylation sites (tertiary alicyclic amines) is 1. The van der Waals surface area contributed by atoms with Crippen LogP contribution in [0, 0.1) is 0 Å². The van der Waals surface area contributed by atoms with Crippen molar-refractivity contribution in [2.24, 2.45) is 0 Å². The van der Waals surface area contributed by atoms with Crippen LogP contribution in [0.1, 0.15) is 25.7 Å². The maximum atomic E-state index is 12.3. The first kappa shape index (κ1) is 13.0. The summed E-state index contributed by atoms with van der Waals surface area (Å²) < 4.78 is 1.59. The molecule has 2 heterocycles. The molecule has 1 N–H and O–H groups in total. The standard InChI is InChI=1S/C12H21N5O/c1-13-6-5-11-4-2-3-8-17(11)12(18)10-16-9-7-14-15-16/h7,9,11,13H,2-6,8,10H2,1H3. The molecule has 0 spiro atoms. The van der Waals surface area contributed by atoms with Gasteiger partial charge in [0, 0.05) is 18.8 Å². The Hall–Kier alpha value is -1.43. The zero-order chi connectivity index (χ0) is 12.8. The summed E-state index contributed by atoms with van der Waals surface area (Å²) >= 11 is 0. The van der Waals surface area contributed by atoms with Gasteiger partial charge in [-0.05, 0) is 39.3 Å². The molecule has 0 saturated carbocycles. The molecule has 2 rings (SSSR count). The molecule has 1 saturated heterocycles. The molecule has 1 aromatic rings. The second-order valence-electron chi connectivity index (χ2n) is 4.73. The third-order valence-electron chi connectivity index (χ3n) is 3.44. The molecule has 18 heavy (non-hydrogen) atoms. The molecule has 0 bridgehead atoms. The van der Waals surface area contributed by atoms with Gasteiger partial charge in [0.15, 0.2) is 0 Å². The van der Waals surface area contributed by atoms with E-state index in [9.17, 15) is 4.79 Å². The fraction of sp³-hybridized carbons (Fsp3) is 0.750. The number of nitrogens with zero attached hydrogens (tertiary/aromatic N) is 4. The smallest absolute Gasteiger partial charge is 0.244 e. The van der Waals surface area contributed by atoms with Crippen molar-refractivity contribution in [3.8, 4) is 0 Å². The molecule has 0 aromatic carbocycles. The van der Waals surface area contributed by atoms with Crippen molar-refractivity contribution in [3.05, 3.63) is 12.4 Å². The number of aromatic nitrogens is 3. The molecule has 1 fully saturated rings. The number of nitrogens with one attached hydrogen (secondary N) is 1. The fourth-order valence-electron chi connectivity index (χ4n) is 2.49. The van der Waals surface area contributed by atoms with E-state index in [2.05, 4.69) is 15.6 Å². The molecule has 6 nitrogen and oxygen atoms in total. The first-order chi connectivity index (χ1) is 8.81. The van der Waals surface area contributed by atoms with E-state index in [1.54, 1.807) is 17.1 Å². The summed E-state index contributed by atoms with van der Waals surface area (Å²) in [5.74, 6) is 0.154. The van der Waals surface area contributed by atoms with E-state index < -0.39 is 0 Å². The fourth-order valence-corrected chi connectivity index (χ4v) is 2.49. The lowest BCUT2D eigenvalue weighted by Gasteiger charge is -2.35. The molecule has 6 heteroatoms. The zero-order valence-corrected chi connectivity index (χ0v) is 10.9. The first-order valence-corrected chi connectivity index (χ1v) is 6.59. The Labute approximate surface area is 107 Å². The van der Waals surface area contributed by atoms with Crippen LogP contribution in [0.3, 0.4) is 0 Å². The summed E-state index contributed by atoms with van der Waals surface area (Å²) in [5, 5.41) is 10.7. The summed E-state index contributed by atoms with van der Waals surface area (Å²) in [7, 11) is 1.95. The average Bonchev–Trinajstić information content (AvgIpc) is 2.89. The van der Waals surface area contributed by atoms with Crippen molar-refractivity contribution in [2.75, 3.05) is 20.1 Å². The minimum Gasteiger partial charge on any atom is -0.338 e.